The van der Waals surface area contributed by atoms with E-state index in [9.17, 15) is 17.6 Å². The molecule has 0 bridgehead atoms. The first kappa shape index (κ1) is 15.8. The van der Waals surface area contributed by atoms with Crippen LogP contribution >= 0.6 is 11.6 Å². The Labute approximate surface area is 124 Å². The molecule has 0 heterocycles. The highest BCUT2D eigenvalue weighted by atomic mass is 35.5. The molecule has 0 radical (unpaired) electrons. The van der Waals surface area contributed by atoms with E-state index in [1.54, 1.807) is 7.05 Å². The highest BCUT2D eigenvalue weighted by Gasteiger charge is 2.17. The van der Waals surface area contributed by atoms with Crippen molar-refractivity contribution in [3.8, 4) is 0 Å². The molecule has 2 rings (SSSR count). The van der Waals surface area contributed by atoms with Gasteiger partial charge in [0.15, 0.2) is 17.5 Å². The third-order valence-corrected chi connectivity index (χ3v) is 3.47. The second-order valence-corrected chi connectivity index (χ2v) is 5.00. The standard InChI is InChI=1S/C15H12ClF4N/c1-21-14(5-8-2-3-11(17)10(16)4-8)9-6-12(18)15(20)13(19)7-9/h2-4,6-7,14,21H,5H2,1H3. The van der Waals surface area contributed by atoms with E-state index in [4.69, 9.17) is 11.6 Å². The summed E-state index contributed by atoms with van der Waals surface area (Å²) in [5.41, 5.74) is 0.945. The highest BCUT2D eigenvalue weighted by Crippen LogP contribution is 2.24. The molecule has 0 spiro atoms. The summed E-state index contributed by atoms with van der Waals surface area (Å²) in [4.78, 5) is 0. The lowest BCUT2D eigenvalue weighted by atomic mass is 9.98. The Morgan fingerprint density at radius 1 is 1.00 bits per heavy atom. The lowest BCUT2D eigenvalue weighted by molar-refractivity contribution is 0.441. The van der Waals surface area contributed by atoms with Crippen LogP contribution in [-0.4, -0.2) is 7.05 Å². The topological polar surface area (TPSA) is 12.0 Å². The minimum atomic E-state index is -1.50. The molecule has 1 nitrogen and oxygen atoms in total. The zero-order chi connectivity index (χ0) is 15.6. The fourth-order valence-electron chi connectivity index (χ4n) is 2.07. The van der Waals surface area contributed by atoms with E-state index >= 15 is 0 Å². The first-order valence-corrected chi connectivity index (χ1v) is 6.55. The van der Waals surface area contributed by atoms with Gasteiger partial charge in [-0.1, -0.05) is 17.7 Å². The number of benzene rings is 2. The third kappa shape index (κ3) is 3.54. The summed E-state index contributed by atoms with van der Waals surface area (Å²) in [5.74, 6) is -4.54. The second kappa shape index (κ2) is 6.45. The van der Waals surface area contributed by atoms with Crippen LogP contribution < -0.4 is 5.32 Å². The lowest BCUT2D eigenvalue weighted by Crippen LogP contribution is -2.19. The van der Waals surface area contributed by atoms with Crippen molar-refractivity contribution in [2.24, 2.45) is 0 Å². The number of rotatable bonds is 4. The van der Waals surface area contributed by atoms with Crippen LogP contribution in [0.4, 0.5) is 17.6 Å². The molecule has 0 saturated carbocycles. The van der Waals surface area contributed by atoms with Gasteiger partial charge in [0.1, 0.15) is 5.82 Å². The van der Waals surface area contributed by atoms with Crippen molar-refractivity contribution in [2.45, 2.75) is 12.5 Å². The average molecular weight is 318 g/mol. The summed E-state index contributed by atoms with van der Waals surface area (Å²) in [6, 6.07) is 5.60. The van der Waals surface area contributed by atoms with Gasteiger partial charge in [0.25, 0.3) is 0 Å². The maximum Gasteiger partial charge on any atom is 0.194 e. The number of likely N-dealkylation sites (N-methyl/N-ethyl adjacent to an activating group) is 1. The molecule has 0 amide bonds. The molecule has 0 aliphatic heterocycles. The largest absolute Gasteiger partial charge is 0.313 e. The average Bonchev–Trinajstić information content (AvgIpc) is 2.45. The molecule has 1 unspecified atom stereocenters. The zero-order valence-corrected chi connectivity index (χ0v) is 11.8. The molecule has 21 heavy (non-hydrogen) atoms. The van der Waals surface area contributed by atoms with Crippen LogP contribution in [0.25, 0.3) is 0 Å². The van der Waals surface area contributed by atoms with E-state index in [0.717, 1.165) is 12.1 Å². The van der Waals surface area contributed by atoms with E-state index in [1.165, 1.54) is 18.2 Å². The Hall–Kier alpha value is -1.59. The smallest absolute Gasteiger partial charge is 0.194 e. The third-order valence-electron chi connectivity index (χ3n) is 3.18. The molecular formula is C15H12ClF4N. The highest BCUT2D eigenvalue weighted by molar-refractivity contribution is 6.30. The van der Waals surface area contributed by atoms with Gasteiger partial charge in [0.2, 0.25) is 0 Å². The van der Waals surface area contributed by atoms with Gasteiger partial charge < -0.3 is 5.32 Å². The summed E-state index contributed by atoms with van der Waals surface area (Å²) in [6.07, 6.45) is 0.320. The lowest BCUT2D eigenvalue weighted by Gasteiger charge is -2.17. The molecule has 0 aromatic heterocycles. The Bertz CT molecular complexity index is 637. The Morgan fingerprint density at radius 2 is 1.62 bits per heavy atom. The van der Waals surface area contributed by atoms with Gasteiger partial charge in [0.05, 0.1) is 5.02 Å². The maximum absolute atomic E-state index is 13.3. The molecule has 0 aliphatic rings. The zero-order valence-electron chi connectivity index (χ0n) is 11.1. The molecule has 1 atom stereocenters. The van der Waals surface area contributed by atoms with E-state index in [2.05, 4.69) is 5.32 Å². The molecule has 2 aromatic carbocycles. The molecule has 2 aromatic rings. The fourth-order valence-corrected chi connectivity index (χ4v) is 2.27. The van der Waals surface area contributed by atoms with Crippen molar-refractivity contribution in [1.29, 1.82) is 0 Å². The minimum absolute atomic E-state index is 0.0289. The molecule has 112 valence electrons. The van der Waals surface area contributed by atoms with Crippen molar-refractivity contribution in [2.75, 3.05) is 7.05 Å². The van der Waals surface area contributed by atoms with Crippen molar-refractivity contribution in [3.63, 3.8) is 0 Å². The van der Waals surface area contributed by atoms with Crippen molar-refractivity contribution in [3.05, 3.63) is 69.8 Å². The van der Waals surface area contributed by atoms with Gasteiger partial charge >= 0.3 is 0 Å². The Balaban J connectivity index is 2.29. The summed E-state index contributed by atoms with van der Waals surface area (Å²) in [5, 5.41) is 2.85. The van der Waals surface area contributed by atoms with Gasteiger partial charge in [-0.3, -0.25) is 0 Å². The summed E-state index contributed by atoms with van der Waals surface area (Å²) in [6.45, 7) is 0. The molecule has 0 fully saturated rings. The van der Waals surface area contributed by atoms with Gasteiger partial charge in [-0.25, -0.2) is 17.6 Å². The van der Waals surface area contributed by atoms with Crippen LogP contribution in [0.15, 0.2) is 30.3 Å². The van der Waals surface area contributed by atoms with Crippen molar-refractivity contribution in [1.82, 2.24) is 5.32 Å². The first-order chi connectivity index (χ1) is 9.92. The number of nitrogens with one attached hydrogen (secondary N) is 1. The minimum Gasteiger partial charge on any atom is -0.313 e. The summed E-state index contributed by atoms with van der Waals surface area (Å²) in [7, 11) is 1.61. The monoisotopic (exact) mass is 317 g/mol. The van der Waals surface area contributed by atoms with Gasteiger partial charge in [0, 0.05) is 6.04 Å². The number of hydrogen-bond donors (Lipinski definition) is 1. The number of hydrogen-bond acceptors (Lipinski definition) is 1. The fraction of sp³-hybridized carbons (Fsp3) is 0.200. The van der Waals surface area contributed by atoms with E-state index < -0.39 is 29.3 Å². The van der Waals surface area contributed by atoms with Crippen LogP contribution in [0.3, 0.4) is 0 Å². The first-order valence-electron chi connectivity index (χ1n) is 6.18. The van der Waals surface area contributed by atoms with Crippen LogP contribution in [0.5, 0.6) is 0 Å². The van der Waals surface area contributed by atoms with Crippen LogP contribution in [-0.2, 0) is 6.42 Å². The maximum atomic E-state index is 13.3. The van der Waals surface area contributed by atoms with E-state index in [1.807, 2.05) is 0 Å². The second-order valence-electron chi connectivity index (χ2n) is 4.59. The van der Waals surface area contributed by atoms with Gasteiger partial charge in [-0.05, 0) is 48.9 Å². The molecule has 0 saturated heterocycles. The molecule has 6 heteroatoms. The SMILES string of the molecule is CNC(Cc1ccc(F)c(Cl)c1)c1cc(F)c(F)c(F)c1. The predicted octanol–water partition coefficient (Wildman–Crippen LogP) is 4.40. The van der Waals surface area contributed by atoms with Gasteiger partial charge in [-0.15, -0.1) is 0 Å². The Morgan fingerprint density at radius 3 is 2.14 bits per heavy atom. The summed E-state index contributed by atoms with van der Waals surface area (Å²) < 4.78 is 52.6. The Kier molecular flexibility index (Phi) is 4.85. The normalized spacial score (nSPS) is 12.5. The van der Waals surface area contributed by atoms with Crippen molar-refractivity contribution >= 4 is 11.6 Å². The quantitative estimate of drug-likeness (QED) is 0.651. The molecule has 1 N–H and O–H groups in total. The molecule has 0 aliphatic carbocycles. The van der Waals surface area contributed by atoms with Crippen molar-refractivity contribution < 1.29 is 17.6 Å². The van der Waals surface area contributed by atoms with Gasteiger partial charge in [-0.2, -0.15) is 0 Å². The predicted molar refractivity (Wildman–Crippen MR) is 73.2 cm³/mol. The van der Waals surface area contributed by atoms with E-state index in [-0.39, 0.29) is 10.6 Å². The summed E-state index contributed by atoms with van der Waals surface area (Å²) >= 11 is 5.69. The molecular weight excluding hydrogens is 306 g/mol. The van der Waals surface area contributed by atoms with E-state index in [0.29, 0.717) is 12.0 Å². The van der Waals surface area contributed by atoms with Crippen LogP contribution in [0.2, 0.25) is 5.02 Å². The number of halogens is 5. The van der Waals surface area contributed by atoms with Crippen LogP contribution in [0, 0.1) is 23.3 Å². The van der Waals surface area contributed by atoms with Crippen LogP contribution in [0.1, 0.15) is 17.2 Å².